The molecule has 144 valence electrons. The van der Waals surface area contributed by atoms with Crippen LogP contribution in [0.2, 0.25) is 0 Å². The van der Waals surface area contributed by atoms with E-state index in [-0.39, 0.29) is 11.9 Å². The van der Waals surface area contributed by atoms with Crippen molar-refractivity contribution in [3.8, 4) is 0 Å². The van der Waals surface area contributed by atoms with Crippen molar-refractivity contribution in [2.45, 2.75) is 25.3 Å². The molecule has 28 heavy (non-hydrogen) atoms. The largest absolute Gasteiger partial charge is 0.472 e. The van der Waals surface area contributed by atoms with Gasteiger partial charge in [-0.1, -0.05) is 30.3 Å². The summed E-state index contributed by atoms with van der Waals surface area (Å²) in [5, 5.41) is 0. The fourth-order valence-electron chi connectivity index (χ4n) is 3.69. The molecule has 6 heteroatoms. The van der Waals surface area contributed by atoms with Crippen molar-refractivity contribution in [1.82, 2.24) is 14.9 Å². The minimum absolute atomic E-state index is 0.0813. The second-order valence-corrected chi connectivity index (χ2v) is 7.04. The summed E-state index contributed by atoms with van der Waals surface area (Å²) < 4.78 is 5.10. The summed E-state index contributed by atoms with van der Waals surface area (Å²) in [6, 6.07) is 14.1. The standard InChI is InChI=1S/C22H24N4O2/c27-21(19-10-16-28-17-19)26(22-23-11-4-12-24-22)20-8-14-25(15-9-20)13-7-18-5-2-1-3-6-18/h1-6,10-12,16-17,20H,7-9,13-15H2. The van der Waals surface area contributed by atoms with Crippen LogP contribution in [0, 0.1) is 0 Å². The summed E-state index contributed by atoms with van der Waals surface area (Å²) in [4.78, 5) is 25.9. The van der Waals surface area contributed by atoms with Crippen molar-refractivity contribution in [3.05, 3.63) is 78.5 Å². The molecule has 3 aromatic rings. The summed E-state index contributed by atoms with van der Waals surface area (Å²) in [5.41, 5.74) is 1.89. The van der Waals surface area contributed by atoms with Crippen molar-refractivity contribution < 1.29 is 9.21 Å². The summed E-state index contributed by atoms with van der Waals surface area (Å²) in [6.07, 6.45) is 9.19. The number of amides is 1. The predicted molar refractivity (Wildman–Crippen MR) is 107 cm³/mol. The summed E-state index contributed by atoms with van der Waals surface area (Å²) in [7, 11) is 0. The van der Waals surface area contributed by atoms with Gasteiger partial charge in [0.25, 0.3) is 5.91 Å². The van der Waals surface area contributed by atoms with E-state index < -0.39 is 0 Å². The van der Waals surface area contributed by atoms with Gasteiger partial charge in [0.05, 0.1) is 11.8 Å². The Balaban J connectivity index is 1.42. The van der Waals surface area contributed by atoms with E-state index in [1.165, 1.54) is 18.1 Å². The van der Waals surface area contributed by atoms with Gasteiger partial charge in [-0.3, -0.25) is 9.69 Å². The van der Waals surface area contributed by atoms with Gasteiger partial charge >= 0.3 is 0 Å². The molecule has 3 heterocycles. The van der Waals surface area contributed by atoms with E-state index in [2.05, 4.69) is 39.1 Å². The molecule has 0 spiro atoms. The molecule has 2 aromatic heterocycles. The Bertz CT molecular complexity index is 860. The predicted octanol–water partition coefficient (Wildman–Crippen LogP) is 3.42. The molecule has 0 saturated carbocycles. The van der Waals surface area contributed by atoms with Crippen molar-refractivity contribution in [2.24, 2.45) is 0 Å². The third-order valence-corrected chi connectivity index (χ3v) is 5.24. The lowest BCUT2D eigenvalue weighted by atomic mass is 10.0. The highest BCUT2D eigenvalue weighted by atomic mass is 16.3. The first kappa shape index (κ1) is 18.4. The van der Waals surface area contributed by atoms with Crippen LogP contribution >= 0.6 is 0 Å². The lowest BCUT2D eigenvalue weighted by Gasteiger charge is -2.37. The molecular formula is C22H24N4O2. The Labute approximate surface area is 164 Å². The van der Waals surface area contributed by atoms with Crippen LogP contribution in [0.5, 0.6) is 0 Å². The van der Waals surface area contributed by atoms with Gasteiger partial charge in [0, 0.05) is 38.1 Å². The molecule has 0 radical (unpaired) electrons. The molecule has 1 aliphatic rings. The molecule has 0 atom stereocenters. The zero-order valence-electron chi connectivity index (χ0n) is 15.8. The number of hydrogen-bond donors (Lipinski definition) is 0. The van der Waals surface area contributed by atoms with Gasteiger partial charge in [-0.15, -0.1) is 0 Å². The average molecular weight is 376 g/mol. The van der Waals surface area contributed by atoms with Crippen molar-refractivity contribution in [3.63, 3.8) is 0 Å². The second kappa shape index (κ2) is 8.80. The van der Waals surface area contributed by atoms with Crippen LogP contribution in [-0.4, -0.2) is 46.5 Å². The average Bonchev–Trinajstić information content (AvgIpc) is 3.30. The third-order valence-electron chi connectivity index (χ3n) is 5.24. The van der Waals surface area contributed by atoms with Crippen LogP contribution in [0.3, 0.4) is 0 Å². The highest BCUT2D eigenvalue weighted by Gasteiger charge is 2.31. The first-order chi connectivity index (χ1) is 13.8. The topological polar surface area (TPSA) is 62.5 Å². The number of likely N-dealkylation sites (tertiary alicyclic amines) is 1. The number of rotatable bonds is 6. The zero-order valence-corrected chi connectivity index (χ0v) is 15.8. The Morgan fingerprint density at radius 3 is 2.50 bits per heavy atom. The van der Waals surface area contributed by atoms with Gasteiger partial charge < -0.3 is 9.32 Å². The molecule has 1 amide bonds. The number of piperidine rings is 1. The zero-order chi connectivity index (χ0) is 19.2. The molecule has 1 aliphatic heterocycles. The first-order valence-corrected chi connectivity index (χ1v) is 9.70. The minimum atomic E-state index is -0.109. The van der Waals surface area contributed by atoms with E-state index >= 15 is 0 Å². The first-order valence-electron chi connectivity index (χ1n) is 9.70. The summed E-state index contributed by atoms with van der Waals surface area (Å²) >= 11 is 0. The van der Waals surface area contributed by atoms with Gasteiger partial charge in [-0.2, -0.15) is 0 Å². The Kier molecular flexibility index (Phi) is 5.77. The van der Waals surface area contributed by atoms with Crippen LogP contribution in [0.15, 0.2) is 71.8 Å². The van der Waals surface area contributed by atoms with Gasteiger partial charge in [-0.25, -0.2) is 9.97 Å². The number of furan rings is 1. The molecule has 1 aromatic carbocycles. The molecule has 0 bridgehead atoms. The van der Waals surface area contributed by atoms with Crippen molar-refractivity contribution >= 4 is 11.9 Å². The molecular weight excluding hydrogens is 352 g/mol. The number of nitrogens with zero attached hydrogens (tertiary/aromatic N) is 4. The number of hydrogen-bond acceptors (Lipinski definition) is 5. The highest BCUT2D eigenvalue weighted by molar-refractivity contribution is 6.05. The van der Waals surface area contributed by atoms with Gasteiger partial charge in [0.2, 0.25) is 5.95 Å². The number of aromatic nitrogens is 2. The van der Waals surface area contributed by atoms with Crippen molar-refractivity contribution in [2.75, 3.05) is 24.5 Å². The molecule has 4 rings (SSSR count). The van der Waals surface area contributed by atoms with E-state index in [0.29, 0.717) is 11.5 Å². The highest BCUT2D eigenvalue weighted by Crippen LogP contribution is 2.23. The second-order valence-electron chi connectivity index (χ2n) is 7.04. The lowest BCUT2D eigenvalue weighted by Crippen LogP contribution is -2.48. The molecule has 0 unspecified atom stereocenters. The number of carbonyl (C=O) groups is 1. The maximum atomic E-state index is 13.1. The van der Waals surface area contributed by atoms with Gasteiger partial charge in [-0.05, 0) is 37.0 Å². The molecule has 1 fully saturated rings. The fraction of sp³-hybridized carbons (Fsp3) is 0.318. The van der Waals surface area contributed by atoms with E-state index in [4.69, 9.17) is 4.42 Å². The Morgan fingerprint density at radius 2 is 1.82 bits per heavy atom. The molecule has 6 nitrogen and oxygen atoms in total. The van der Waals surface area contributed by atoms with Crippen molar-refractivity contribution in [1.29, 1.82) is 0 Å². The normalized spacial score (nSPS) is 15.4. The summed E-state index contributed by atoms with van der Waals surface area (Å²) in [5.74, 6) is 0.346. The lowest BCUT2D eigenvalue weighted by molar-refractivity contribution is 0.0957. The Morgan fingerprint density at radius 1 is 1.07 bits per heavy atom. The van der Waals surface area contributed by atoms with Crippen LogP contribution in [0.4, 0.5) is 5.95 Å². The number of anilines is 1. The number of carbonyl (C=O) groups excluding carboxylic acids is 1. The van der Waals surface area contributed by atoms with E-state index in [1.807, 2.05) is 6.07 Å². The maximum absolute atomic E-state index is 13.1. The monoisotopic (exact) mass is 376 g/mol. The quantitative estimate of drug-likeness (QED) is 0.660. The SMILES string of the molecule is O=C(c1ccoc1)N(c1ncccn1)C1CCN(CCc2ccccc2)CC1. The fourth-order valence-corrected chi connectivity index (χ4v) is 3.69. The molecule has 0 N–H and O–H groups in total. The van der Waals surface area contributed by atoms with E-state index in [0.717, 1.165) is 38.9 Å². The molecule has 1 saturated heterocycles. The third kappa shape index (κ3) is 4.28. The van der Waals surface area contributed by atoms with Gasteiger partial charge in [0.1, 0.15) is 6.26 Å². The summed E-state index contributed by atoms with van der Waals surface area (Å²) in [6.45, 7) is 2.95. The maximum Gasteiger partial charge on any atom is 0.264 e. The van der Waals surface area contributed by atoms with Gasteiger partial charge in [0.15, 0.2) is 0 Å². The van der Waals surface area contributed by atoms with Crippen LogP contribution in [0.1, 0.15) is 28.8 Å². The smallest absolute Gasteiger partial charge is 0.264 e. The van der Waals surface area contributed by atoms with Crippen LogP contribution in [0.25, 0.3) is 0 Å². The van der Waals surface area contributed by atoms with Crippen LogP contribution < -0.4 is 4.90 Å². The van der Waals surface area contributed by atoms with E-state index in [9.17, 15) is 4.79 Å². The molecule has 0 aliphatic carbocycles. The number of benzene rings is 1. The van der Waals surface area contributed by atoms with E-state index in [1.54, 1.807) is 29.4 Å². The Hall–Kier alpha value is -2.99. The minimum Gasteiger partial charge on any atom is -0.472 e. The van der Waals surface area contributed by atoms with Crippen LogP contribution in [-0.2, 0) is 6.42 Å².